The van der Waals surface area contributed by atoms with Crippen molar-refractivity contribution in [3.05, 3.63) is 135 Å². The van der Waals surface area contributed by atoms with E-state index in [0.29, 0.717) is 0 Å². The molecule has 4 aromatic rings. The van der Waals surface area contributed by atoms with Gasteiger partial charge in [0.15, 0.2) is 0 Å². The standard InChI is InChI=1S/2C13H12PS.2Ag/c2*1-14(15,12-8-4-2-5-9-12)13-10-6-3-7-11-13;;/h2*2-11H,1H2;;/q2*-1;2*+1. The van der Waals surface area contributed by atoms with Gasteiger partial charge in [-0.15, -0.1) is 35.7 Å². The summed E-state index contributed by atoms with van der Waals surface area (Å²) in [6.45, 7) is 8.47. The quantitative estimate of drug-likeness (QED) is 0.152. The first-order chi connectivity index (χ1) is 14.4. The van der Waals surface area contributed by atoms with E-state index in [9.17, 15) is 0 Å². The molecule has 0 aliphatic heterocycles. The van der Waals surface area contributed by atoms with Crippen molar-refractivity contribution in [2.24, 2.45) is 0 Å². The van der Waals surface area contributed by atoms with E-state index < -0.39 is 12.1 Å². The van der Waals surface area contributed by atoms with Crippen molar-refractivity contribution in [1.29, 1.82) is 0 Å². The van der Waals surface area contributed by atoms with Gasteiger partial charge >= 0.3 is 44.8 Å². The number of benzene rings is 4. The Morgan fingerprint density at radius 3 is 0.688 bits per heavy atom. The third-order valence-corrected chi connectivity index (χ3v) is 11.8. The first kappa shape index (κ1) is 29.7. The molecule has 0 saturated heterocycles. The largest absolute Gasteiger partial charge is 1.00 e. The second kappa shape index (κ2) is 14.2. The van der Waals surface area contributed by atoms with Crippen molar-refractivity contribution in [2.75, 3.05) is 0 Å². The molecule has 0 N–H and O–H groups in total. The van der Waals surface area contributed by atoms with Crippen LogP contribution in [0, 0.1) is 13.3 Å². The Morgan fingerprint density at radius 1 is 0.375 bits per heavy atom. The van der Waals surface area contributed by atoms with Crippen LogP contribution in [-0.2, 0) is 68.4 Å². The summed E-state index contributed by atoms with van der Waals surface area (Å²) in [5.74, 6) is 0. The molecule has 0 saturated carbocycles. The second-order valence-corrected chi connectivity index (χ2v) is 15.6. The fraction of sp³-hybridized carbons (Fsp3) is 0. The Balaban J connectivity index is 0.000000301. The van der Waals surface area contributed by atoms with E-state index in [1.54, 1.807) is 0 Å². The van der Waals surface area contributed by atoms with Crippen molar-refractivity contribution in [3.8, 4) is 0 Å². The van der Waals surface area contributed by atoms with Crippen LogP contribution in [0.15, 0.2) is 121 Å². The maximum absolute atomic E-state index is 5.68. The van der Waals surface area contributed by atoms with E-state index in [-0.39, 0.29) is 44.8 Å². The SMILES string of the molecule is [Ag+].[Ag+].[CH2-]P(=S)(c1ccccc1)c1ccccc1.[CH2-]P(=S)(c1ccccc1)c1ccccc1. The van der Waals surface area contributed by atoms with Gasteiger partial charge in [0, 0.05) is 0 Å². The first-order valence-corrected chi connectivity index (χ1v) is 15.5. The van der Waals surface area contributed by atoms with Crippen molar-refractivity contribution < 1.29 is 44.8 Å². The Hall–Kier alpha value is -0.339. The molecule has 0 amide bonds. The maximum atomic E-state index is 5.68. The molecular formula is C26H24Ag2P2S2. The molecule has 0 atom stereocenters. The van der Waals surface area contributed by atoms with Gasteiger partial charge in [-0.1, -0.05) is 121 Å². The smallest absolute Gasteiger partial charge is 0.297 e. The van der Waals surface area contributed by atoms with Gasteiger partial charge in [-0.05, 0) is 21.2 Å². The van der Waals surface area contributed by atoms with Crippen LogP contribution in [0.5, 0.6) is 0 Å². The van der Waals surface area contributed by atoms with E-state index in [4.69, 9.17) is 23.6 Å². The third-order valence-electron chi connectivity index (χ3n) is 4.69. The minimum Gasteiger partial charge on any atom is -0.297 e. The Morgan fingerprint density at radius 2 is 0.531 bits per heavy atom. The average Bonchev–Trinajstić information content (AvgIpc) is 2.82. The van der Waals surface area contributed by atoms with Gasteiger partial charge in [0.25, 0.3) is 0 Å². The predicted molar refractivity (Wildman–Crippen MR) is 144 cm³/mol. The van der Waals surface area contributed by atoms with Gasteiger partial charge in [-0.2, -0.15) is 0 Å². The molecule has 0 aliphatic carbocycles. The average molecular weight is 678 g/mol. The van der Waals surface area contributed by atoms with Gasteiger partial charge < -0.3 is 0 Å². The zero-order chi connectivity index (χ0) is 21.5. The van der Waals surface area contributed by atoms with Gasteiger partial charge in [-0.3, -0.25) is 13.3 Å². The van der Waals surface area contributed by atoms with Crippen LogP contribution in [0.1, 0.15) is 0 Å². The molecule has 4 rings (SSSR count). The fourth-order valence-corrected chi connectivity index (χ4v) is 7.65. The van der Waals surface area contributed by atoms with E-state index in [0.717, 1.165) is 0 Å². The van der Waals surface area contributed by atoms with E-state index in [1.165, 1.54) is 21.2 Å². The Bertz CT molecular complexity index is 972. The third kappa shape index (κ3) is 7.86. The molecule has 0 unspecified atom stereocenters. The van der Waals surface area contributed by atoms with E-state index >= 15 is 0 Å². The molecule has 0 heterocycles. The van der Waals surface area contributed by atoms with Gasteiger partial charge in [-0.25, -0.2) is 0 Å². The number of hydrogen-bond acceptors (Lipinski definition) is 2. The summed E-state index contributed by atoms with van der Waals surface area (Å²) in [6, 6.07) is 37.1. The summed E-state index contributed by atoms with van der Waals surface area (Å²) in [6.07, 6.45) is 0. The minimum absolute atomic E-state index is 0. The molecule has 0 radical (unpaired) electrons. The zero-order valence-corrected chi connectivity index (χ0v) is 23.7. The van der Waals surface area contributed by atoms with Crippen molar-refractivity contribution in [2.45, 2.75) is 0 Å². The summed E-state index contributed by atoms with van der Waals surface area (Å²) in [7, 11) is 0. The summed E-state index contributed by atoms with van der Waals surface area (Å²) >= 11 is 11.4. The minimum atomic E-state index is -1.81. The Labute approximate surface area is 234 Å². The fourth-order valence-electron chi connectivity index (χ4n) is 2.97. The van der Waals surface area contributed by atoms with E-state index in [1.807, 2.05) is 72.8 Å². The van der Waals surface area contributed by atoms with Crippen LogP contribution in [0.4, 0.5) is 0 Å². The van der Waals surface area contributed by atoms with Gasteiger partial charge in [0.05, 0.1) is 0 Å². The second-order valence-electron chi connectivity index (χ2n) is 6.82. The molecule has 0 fully saturated rings. The molecule has 32 heavy (non-hydrogen) atoms. The monoisotopic (exact) mass is 676 g/mol. The normalized spacial score (nSPS) is 10.6. The molecular weight excluding hydrogens is 654 g/mol. The first-order valence-electron chi connectivity index (χ1n) is 9.53. The number of rotatable bonds is 4. The Kier molecular flexibility index (Phi) is 13.1. The molecule has 0 aliphatic rings. The topological polar surface area (TPSA) is 0 Å². The summed E-state index contributed by atoms with van der Waals surface area (Å²) in [5, 5.41) is 4.69. The van der Waals surface area contributed by atoms with Gasteiger partial charge in [0.2, 0.25) is 0 Å². The maximum Gasteiger partial charge on any atom is 1.00 e. The predicted octanol–water partition coefficient (Wildman–Crippen LogP) is 5.81. The molecule has 6 heteroatoms. The molecule has 4 aromatic carbocycles. The van der Waals surface area contributed by atoms with Crippen LogP contribution in [0.2, 0.25) is 0 Å². The summed E-state index contributed by atoms with van der Waals surface area (Å²) in [5.41, 5.74) is 0. The molecule has 0 bridgehead atoms. The van der Waals surface area contributed by atoms with Crippen LogP contribution in [0.25, 0.3) is 0 Å². The van der Waals surface area contributed by atoms with Crippen LogP contribution >= 0.6 is 12.1 Å². The summed E-state index contributed by atoms with van der Waals surface area (Å²) in [4.78, 5) is 0. The number of hydrogen-bond donors (Lipinski definition) is 0. The molecule has 172 valence electrons. The van der Waals surface area contributed by atoms with Crippen molar-refractivity contribution in [3.63, 3.8) is 0 Å². The van der Waals surface area contributed by atoms with Crippen LogP contribution in [0.3, 0.4) is 0 Å². The van der Waals surface area contributed by atoms with Gasteiger partial charge in [0.1, 0.15) is 0 Å². The van der Waals surface area contributed by atoms with Crippen molar-refractivity contribution >= 4 is 56.9 Å². The van der Waals surface area contributed by atoms with Crippen molar-refractivity contribution in [1.82, 2.24) is 0 Å². The summed E-state index contributed by atoms with van der Waals surface area (Å²) < 4.78 is 0. The zero-order valence-electron chi connectivity index (χ0n) is 17.3. The van der Waals surface area contributed by atoms with E-state index in [2.05, 4.69) is 61.9 Å². The molecule has 0 spiro atoms. The van der Waals surface area contributed by atoms with Crippen LogP contribution < -0.4 is 21.2 Å². The van der Waals surface area contributed by atoms with Crippen LogP contribution in [-0.4, -0.2) is 0 Å². The molecule has 0 nitrogen and oxygen atoms in total. The molecule has 0 aromatic heterocycles.